The maximum Gasteiger partial charge on any atom is 0.262 e. The standard InChI is InChI=1S/C21H22N2O4/c1-26-14-9-10-17(19(12-14)27-2)18-8-5-11-22(18)13-23-20(24)15-6-3-4-7-16(15)21(23)25/h3-4,6-7,9-10,12,18H,5,8,11,13H2,1-2H3. The number of likely N-dealkylation sites (tertiary alicyclic amines) is 1. The monoisotopic (exact) mass is 366 g/mol. The van der Waals surface area contributed by atoms with E-state index in [1.807, 2.05) is 18.2 Å². The molecule has 1 atom stereocenters. The Balaban J connectivity index is 1.59. The third kappa shape index (κ3) is 2.96. The molecule has 6 nitrogen and oxygen atoms in total. The summed E-state index contributed by atoms with van der Waals surface area (Å²) in [6.07, 6.45) is 1.95. The summed E-state index contributed by atoms with van der Waals surface area (Å²) in [6, 6.07) is 12.9. The van der Waals surface area contributed by atoms with Crippen molar-refractivity contribution < 1.29 is 19.1 Å². The van der Waals surface area contributed by atoms with Crippen molar-refractivity contribution in [3.8, 4) is 11.5 Å². The first-order valence-electron chi connectivity index (χ1n) is 9.05. The van der Waals surface area contributed by atoms with Gasteiger partial charge in [0.05, 0.1) is 32.0 Å². The van der Waals surface area contributed by atoms with Crippen molar-refractivity contribution in [3.05, 3.63) is 59.2 Å². The predicted octanol–water partition coefficient (Wildman–Crippen LogP) is 3.09. The normalized spacial score (nSPS) is 19.5. The zero-order chi connectivity index (χ0) is 19.0. The fourth-order valence-electron chi connectivity index (χ4n) is 3.99. The molecule has 4 rings (SSSR count). The molecule has 0 spiro atoms. The average Bonchev–Trinajstić information content (AvgIpc) is 3.26. The highest BCUT2D eigenvalue weighted by Gasteiger charge is 2.38. The summed E-state index contributed by atoms with van der Waals surface area (Å²) in [6.45, 7) is 1.11. The molecule has 2 heterocycles. The molecule has 0 saturated carbocycles. The summed E-state index contributed by atoms with van der Waals surface area (Å²) < 4.78 is 10.8. The van der Waals surface area contributed by atoms with Gasteiger partial charge in [0.1, 0.15) is 11.5 Å². The third-order valence-corrected chi connectivity index (χ3v) is 5.36. The molecule has 2 aromatic carbocycles. The molecule has 1 fully saturated rings. The number of hydrogen-bond donors (Lipinski definition) is 0. The van der Waals surface area contributed by atoms with Gasteiger partial charge in [-0.15, -0.1) is 0 Å². The Kier molecular flexibility index (Phi) is 4.58. The molecule has 1 unspecified atom stereocenters. The van der Waals surface area contributed by atoms with Crippen molar-refractivity contribution in [2.24, 2.45) is 0 Å². The van der Waals surface area contributed by atoms with Gasteiger partial charge in [-0.1, -0.05) is 18.2 Å². The van der Waals surface area contributed by atoms with Gasteiger partial charge >= 0.3 is 0 Å². The number of carbonyl (C=O) groups is 2. The topological polar surface area (TPSA) is 59.1 Å². The summed E-state index contributed by atoms with van der Waals surface area (Å²) >= 11 is 0. The number of carbonyl (C=O) groups excluding carboxylic acids is 2. The van der Waals surface area contributed by atoms with Crippen LogP contribution in [-0.2, 0) is 0 Å². The van der Waals surface area contributed by atoms with Gasteiger partial charge in [0.2, 0.25) is 0 Å². The average molecular weight is 366 g/mol. The van der Waals surface area contributed by atoms with E-state index in [4.69, 9.17) is 9.47 Å². The molecular formula is C21H22N2O4. The highest BCUT2D eigenvalue weighted by Crippen LogP contribution is 2.39. The molecule has 0 aromatic heterocycles. The van der Waals surface area contributed by atoms with Gasteiger partial charge in [0, 0.05) is 24.2 Å². The minimum atomic E-state index is -0.219. The number of rotatable bonds is 5. The molecular weight excluding hydrogens is 344 g/mol. The Morgan fingerprint density at radius 1 is 1.00 bits per heavy atom. The fourth-order valence-corrected chi connectivity index (χ4v) is 3.99. The summed E-state index contributed by atoms with van der Waals surface area (Å²) in [5.74, 6) is 1.06. The van der Waals surface area contributed by atoms with Crippen molar-refractivity contribution in [3.63, 3.8) is 0 Å². The number of hydrogen-bond acceptors (Lipinski definition) is 5. The van der Waals surface area contributed by atoms with Crippen molar-refractivity contribution in [2.75, 3.05) is 27.4 Å². The number of nitrogens with zero attached hydrogens (tertiary/aromatic N) is 2. The van der Waals surface area contributed by atoms with Crippen LogP contribution in [-0.4, -0.2) is 49.0 Å². The number of fused-ring (bicyclic) bond motifs is 1. The number of amides is 2. The molecule has 0 bridgehead atoms. The lowest BCUT2D eigenvalue weighted by molar-refractivity contribution is 0.0525. The maximum atomic E-state index is 12.7. The van der Waals surface area contributed by atoms with E-state index in [1.165, 1.54) is 4.90 Å². The summed E-state index contributed by atoms with van der Waals surface area (Å²) in [5.41, 5.74) is 2.02. The zero-order valence-corrected chi connectivity index (χ0v) is 15.5. The van der Waals surface area contributed by atoms with Crippen molar-refractivity contribution in [1.29, 1.82) is 0 Å². The molecule has 2 aromatic rings. The van der Waals surface area contributed by atoms with E-state index < -0.39 is 0 Å². The molecule has 1 saturated heterocycles. The van der Waals surface area contributed by atoms with E-state index in [2.05, 4.69) is 4.90 Å². The van der Waals surface area contributed by atoms with E-state index in [9.17, 15) is 9.59 Å². The minimum absolute atomic E-state index is 0.0927. The van der Waals surface area contributed by atoms with E-state index in [0.717, 1.165) is 36.4 Å². The molecule has 140 valence electrons. The van der Waals surface area contributed by atoms with Crippen LogP contribution in [0.2, 0.25) is 0 Å². The molecule has 6 heteroatoms. The SMILES string of the molecule is COc1ccc(C2CCCN2CN2C(=O)c3ccccc3C2=O)c(OC)c1. The summed E-state index contributed by atoms with van der Waals surface area (Å²) in [5, 5.41) is 0. The largest absolute Gasteiger partial charge is 0.497 e. The number of benzene rings is 2. The van der Waals surface area contributed by atoms with Gasteiger partial charge in [-0.2, -0.15) is 0 Å². The molecule has 27 heavy (non-hydrogen) atoms. The second-order valence-electron chi connectivity index (χ2n) is 6.80. The lowest BCUT2D eigenvalue weighted by Gasteiger charge is -2.29. The van der Waals surface area contributed by atoms with Crippen LogP contribution in [0.5, 0.6) is 11.5 Å². The molecule has 2 aliphatic rings. The quantitative estimate of drug-likeness (QED) is 0.761. The Bertz CT molecular complexity index is 861. The van der Waals surface area contributed by atoms with E-state index in [1.54, 1.807) is 38.5 Å². The van der Waals surface area contributed by atoms with Crippen molar-refractivity contribution >= 4 is 11.8 Å². The van der Waals surface area contributed by atoms with E-state index in [-0.39, 0.29) is 24.5 Å². The second-order valence-corrected chi connectivity index (χ2v) is 6.80. The fraction of sp³-hybridized carbons (Fsp3) is 0.333. The summed E-state index contributed by atoms with van der Waals surface area (Å²) in [4.78, 5) is 28.9. The molecule has 0 N–H and O–H groups in total. The Hall–Kier alpha value is -2.86. The Labute approximate surface area is 158 Å². The van der Waals surface area contributed by atoms with Crippen LogP contribution in [0.4, 0.5) is 0 Å². The van der Waals surface area contributed by atoms with Crippen molar-refractivity contribution in [2.45, 2.75) is 18.9 Å². The molecule has 0 radical (unpaired) electrons. The van der Waals surface area contributed by atoms with Crippen LogP contribution < -0.4 is 9.47 Å². The van der Waals surface area contributed by atoms with Gasteiger partial charge in [-0.25, -0.2) is 0 Å². The number of imide groups is 1. The number of methoxy groups -OCH3 is 2. The second kappa shape index (κ2) is 7.04. The smallest absolute Gasteiger partial charge is 0.262 e. The van der Waals surface area contributed by atoms with Crippen LogP contribution >= 0.6 is 0 Å². The van der Waals surface area contributed by atoms with E-state index in [0.29, 0.717) is 11.1 Å². The molecule has 0 aliphatic carbocycles. The zero-order valence-electron chi connectivity index (χ0n) is 15.5. The van der Waals surface area contributed by atoms with Crippen LogP contribution in [0.25, 0.3) is 0 Å². The number of ether oxygens (including phenoxy) is 2. The van der Waals surface area contributed by atoms with Crippen molar-refractivity contribution in [1.82, 2.24) is 9.80 Å². The summed E-state index contributed by atoms with van der Waals surface area (Å²) in [7, 11) is 3.26. The molecule has 2 aliphatic heterocycles. The van der Waals surface area contributed by atoms with Crippen LogP contribution in [0.3, 0.4) is 0 Å². The Morgan fingerprint density at radius 2 is 1.70 bits per heavy atom. The van der Waals surface area contributed by atoms with E-state index >= 15 is 0 Å². The lowest BCUT2D eigenvalue weighted by Crippen LogP contribution is -2.41. The van der Waals surface area contributed by atoms with Gasteiger partial charge in [0.15, 0.2) is 0 Å². The van der Waals surface area contributed by atoms with Gasteiger partial charge < -0.3 is 9.47 Å². The van der Waals surface area contributed by atoms with Gasteiger partial charge in [-0.05, 0) is 31.0 Å². The van der Waals surface area contributed by atoms with Gasteiger partial charge in [-0.3, -0.25) is 19.4 Å². The van der Waals surface area contributed by atoms with Crippen LogP contribution in [0.15, 0.2) is 42.5 Å². The highest BCUT2D eigenvalue weighted by molar-refractivity contribution is 6.21. The Morgan fingerprint density at radius 3 is 2.33 bits per heavy atom. The highest BCUT2D eigenvalue weighted by atomic mass is 16.5. The first-order valence-corrected chi connectivity index (χ1v) is 9.05. The lowest BCUT2D eigenvalue weighted by atomic mass is 10.0. The third-order valence-electron chi connectivity index (χ3n) is 5.36. The van der Waals surface area contributed by atoms with Crippen LogP contribution in [0.1, 0.15) is 45.2 Å². The first-order chi connectivity index (χ1) is 13.1. The predicted molar refractivity (Wildman–Crippen MR) is 100 cm³/mol. The minimum Gasteiger partial charge on any atom is -0.497 e. The van der Waals surface area contributed by atoms with Gasteiger partial charge in [0.25, 0.3) is 11.8 Å². The first kappa shape index (κ1) is 17.5. The maximum absolute atomic E-state index is 12.7. The van der Waals surface area contributed by atoms with Crippen LogP contribution in [0, 0.1) is 0 Å². The molecule has 2 amide bonds.